The van der Waals surface area contributed by atoms with Crippen molar-refractivity contribution in [1.82, 2.24) is 4.90 Å². The Morgan fingerprint density at radius 3 is 2.69 bits per heavy atom. The first-order valence-electron chi connectivity index (χ1n) is 8.73. The fourth-order valence-corrected chi connectivity index (χ4v) is 3.00. The van der Waals surface area contributed by atoms with Crippen molar-refractivity contribution in [2.24, 2.45) is 0 Å². The van der Waals surface area contributed by atoms with Gasteiger partial charge in [0, 0.05) is 6.08 Å². The average Bonchev–Trinajstić information content (AvgIpc) is 2.96. The lowest BCUT2D eigenvalue weighted by Crippen LogP contribution is -2.39. The number of hydrogen-bond acceptors (Lipinski definition) is 5. The first-order chi connectivity index (χ1) is 12.2. The second kappa shape index (κ2) is 8.36. The van der Waals surface area contributed by atoms with E-state index in [9.17, 15) is 14.7 Å². The van der Waals surface area contributed by atoms with Gasteiger partial charge in [-0.25, -0.2) is 9.59 Å². The predicted molar refractivity (Wildman–Crippen MR) is 97.4 cm³/mol. The quantitative estimate of drug-likeness (QED) is 0.643. The highest BCUT2D eigenvalue weighted by atomic mass is 16.6. The number of allylic oxidation sites excluding steroid dienone is 1. The number of aliphatic hydroxyl groups excluding tert-OH is 1. The van der Waals surface area contributed by atoms with Gasteiger partial charge in [0.05, 0.1) is 25.8 Å². The number of aliphatic hydroxyl groups is 1. The summed E-state index contributed by atoms with van der Waals surface area (Å²) in [5.41, 5.74) is 1.33. The van der Waals surface area contributed by atoms with E-state index < -0.39 is 29.8 Å². The minimum atomic E-state index is -0.770. The number of carbonyl (C=O) groups excluding carboxylic acids is 2. The maximum absolute atomic E-state index is 12.6. The van der Waals surface area contributed by atoms with Crippen molar-refractivity contribution >= 4 is 12.1 Å². The Bertz CT molecular complexity index is 677. The van der Waals surface area contributed by atoms with Crippen LogP contribution in [0.25, 0.3) is 0 Å². The van der Waals surface area contributed by atoms with Gasteiger partial charge in [-0.3, -0.25) is 4.90 Å². The van der Waals surface area contributed by atoms with Crippen molar-refractivity contribution in [3.8, 4) is 0 Å². The van der Waals surface area contributed by atoms with Crippen LogP contribution < -0.4 is 0 Å². The molecule has 1 aliphatic rings. The first kappa shape index (κ1) is 20.0. The third-order valence-corrected chi connectivity index (χ3v) is 4.13. The maximum Gasteiger partial charge on any atom is 0.411 e. The number of amides is 1. The van der Waals surface area contributed by atoms with E-state index in [1.54, 1.807) is 11.0 Å². The van der Waals surface area contributed by atoms with Gasteiger partial charge < -0.3 is 14.6 Å². The zero-order valence-corrected chi connectivity index (χ0v) is 15.8. The summed E-state index contributed by atoms with van der Waals surface area (Å²) in [5.74, 6) is -0.430. The van der Waals surface area contributed by atoms with E-state index >= 15 is 0 Å². The van der Waals surface area contributed by atoms with E-state index in [4.69, 9.17) is 4.74 Å². The summed E-state index contributed by atoms with van der Waals surface area (Å²) in [7, 11) is 1.32. The number of esters is 1. The predicted octanol–water partition coefficient (Wildman–Crippen LogP) is 3.35. The minimum absolute atomic E-state index is 0.408. The molecule has 0 bridgehead atoms. The summed E-state index contributed by atoms with van der Waals surface area (Å²) in [6.07, 6.45) is 2.69. The fraction of sp³-hybridized carbons (Fsp3) is 0.500. The molecule has 6 nitrogen and oxygen atoms in total. The summed E-state index contributed by atoms with van der Waals surface area (Å²) in [6.45, 7) is 5.86. The topological polar surface area (TPSA) is 76.1 Å². The van der Waals surface area contributed by atoms with Gasteiger partial charge in [0.2, 0.25) is 0 Å². The van der Waals surface area contributed by atoms with Crippen LogP contribution in [0.2, 0.25) is 0 Å². The lowest BCUT2D eigenvalue weighted by Gasteiger charge is -2.31. The average molecular weight is 361 g/mol. The molecule has 2 unspecified atom stereocenters. The lowest BCUT2D eigenvalue weighted by molar-refractivity contribution is -0.134. The molecule has 0 fully saturated rings. The van der Waals surface area contributed by atoms with Gasteiger partial charge in [-0.2, -0.15) is 0 Å². The number of rotatable bonds is 5. The number of fused-ring (bicyclic) bond motifs is 1. The van der Waals surface area contributed by atoms with Crippen molar-refractivity contribution in [2.45, 2.75) is 57.9 Å². The number of benzene rings is 1. The van der Waals surface area contributed by atoms with Crippen LogP contribution in [0.3, 0.4) is 0 Å². The van der Waals surface area contributed by atoms with Gasteiger partial charge in [-0.1, -0.05) is 30.3 Å². The van der Waals surface area contributed by atoms with E-state index in [-0.39, 0.29) is 0 Å². The lowest BCUT2D eigenvalue weighted by atomic mass is 9.97. The highest BCUT2D eigenvalue weighted by Crippen LogP contribution is 2.38. The van der Waals surface area contributed by atoms with Crippen molar-refractivity contribution in [1.29, 1.82) is 0 Å². The smallest absolute Gasteiger partial charge is 0.411 e. The molecule has 1 aliphatic heterocycles. The summed E-state index contributed by atoms with van der Waals surface area (Å²) in [4.78, 5) is 25.3. The van der Waals surface area contributed by atoms with E-state index in [2.05, 4.69) is 4.74 Å². The number of methoxy groups -OCH3 is 1. The van der Waals surface area contributed by atoms with Crippen molar-refractivity contribution in [3.63, 3.8) is 0 Å². The van der Waals surface area contributed by atoms with Crippen LogP contribution in [0.15, 0.2) is 36.4 Å². The van der Waals surface area contributed by atoms with E-state index in [1.807, 2.05) is 45.0 Å². The number of carbonyl (C=O) groups is 2. The molecule has 1 aromatic rings. The molecule has 1 N–H and O–H groups in total. The molecule has 1 aromatic carbocycles. The summed E-state index contributed by atoms with van der Waals surface area (Å²) >= 11 is 0. The van der Waals surface area contributed by atoms with Gasteiger partial charge in [-0.15, -0.1) is 0 Å². The number of nitrogens with zero attached hydrogens (tertiary/aromatic N) is 1. The third kappa shape index (κ3) is 5.08. The van der Waals surface area contributed by atoms with Gasteiger partial charge in [0.15, 0.2) is 0 Å². The Morgan fingerprint density at radius 2 is 2.04 bits per heavy atom. The Hall–Kier alpha value is -2.34. The van der Waals surface area contributed by atoms with E-state index in [1.165, 1.54) is 13.2 Å². The van der Waals surface area contributed by atoms with Gasteiger partial charge in [0.25, 0.3) is 0 Å². The Kier molecular flexibility index (Phi) is 6.42. The molecule has 0 radical (unpaired) electrons. The Balaban J connectivity index is 2.13. The first-order valence-corrected chi connectivity index (χ1v) is 8.73. The number of hydrogen-bond donors (Lipinski definition) is 1. The van der Waals surface area contributed by atoms with Crippen LogP contribution in [0, 0.1) is 0 Å². The minimum Gasteiger partial charge on any atom is -0.466 e. The highest BCUT2D eigenvalue weighted by molar-refractivity contribution is 5.81. The molecule has 26 heavy (non-hydrogen) atoms. The molecule has 0 saturated heterocycles. The van der Waals surface area contributed by atoms with Crippen molar-refractivity contribution in [3.05, 3.63) is 47.5 Å². The van der Waals surface area contributed by atoms with E-state index in [0.29, 0.717) is 19.4 Å². The van der Waals surface area contributed by atoms with Crippen molar-refractivity contribution < 1.29 is 24.2 Å². The van der Waals surface area contributed by atoms with Gasteiger partial charge >= 0.3 is 12.1 Å². The van der Waals surface area contributed by atoms with E-state index in [0.717, 1.165) is 11.1 Å². The maximum atomic E-state index is 12.6. The van der Waals surface area contributed by atoms with Crippen LogP contribution in [-0.4, -0.2) is 40.9 Å². The zero-order chi connectivity index (χ0) is 19.3. The highest BCUT2D eigenvalue weighted by Gasteiger charge is 2.39. The third-order valence-electron chi connectivity index (χ3n) is 4.13. The van der Waals surface area contributed by atoms with Crippen LogP contribution in [-0.2, 0) is 20.8 Å². The number of ether oxygens (including phenoxy) is 2. The summed E-state index contributed by atoms with van der Waals surface area (Å²) < 4.78 is 10.0. The molecule has 0 aliphatic carbocycles. The molecule has 142 valence electrons. The van der Waals surface area contributed by atoms with Crippen LogP contribution in [0.4, 0.5) is 4.79 Å². The summed E-state index contributed by atoms with van der Waals surface area (Å²) in [6, 6.07) is 7.23. The fourth-order valence-electron chi connectivity index (χ4n) is 3.00. The van der Waals surface area contributed by atoms with Crippen LogP contribution >= 0.6 is 0 Å². The van der Waals surface area contributed by atoms with Gasteiger partial charge in [0.1, 0.15) is 5.60 Å². The normalized spacial score (nSPS) is 17.9. The van der Waals surface area contributed by atoms with Crippen LogP contribution in [0.5, 0.6) is 0 Å². The molecule has 6 heteroatoms. The molecule has 0 saturated carbocycles. The largest absolute Gasteiger partial charge is 0.466 e. The molecule has 0 spiro atoms. The van der Waals surface area contributed by atoms with Crippen LogP contribution in [0.1, 0.15) is 50.8 Å². The molecule has 0 aromatic heterocycles. The molecular weight excluding hydrogens is 334 g/mol. The summed E-state index contributed by atoms with van der Waals surface area (Å²) in [5, 5.41) is 10.7. The van der Waals surface area contributed by atoms with Gasteiger partial charge in [-0.05, 0) is 44.7 Å². The second-order valence-corrected chi connectivity index (χ2v) is 7.32. The monoisotopic (exact) mass is 361 g/mol. The molecule has 2 atom stereocenters. The Labute approximate surface area is 154 Å². The standard InChI is InChI=1S/C20H27NO5/c1-20(2,3)26-19(24)21-13-14-9-5-6-10-15(14)18(21)16(22)11-7-8-12-17(23)25-4/h5-6,8-10,12,16,18,22H,7,11,13H2,1-4H3/b12-8-. The molecule has 1 amide bonds. The zero-order valence-electron chi connectivity index (χ0n) is 15.8. The van der Waals surface area contributed by atoms with Crippen molar-refractivity contribution in [2.75, 3.05) is 7.11 Å². The molecular formula is C20H27NO5. The molecule has 2 rings (SSSR count). The Morgan fingerprint density at radius 1 is 1.35 bits per heavy atom. The SMILES string of the molecule is COC(=O)/C=C\CCC(O)C1c2ccccc2CN1C(=O)OC(C)(C)C. The second-order valence-electron chi connectivity index (χ2n) is 7.32. The molecule has 1 heterocycles.